The molecule has 1 amide bonds. The van der Waals surface area contributed by atoms with Crippen LogP contribution in [0.4, 0.5) is 23.0 Å². The zero-order valence-corrected chi connectivity index (χ0v) is 20.9. The summed E-state index contributed by atoms with van der Waals surface area (Å²) in [6.07, 6.45) is -0.463. The van der Waals surface area contributed by atoms with Gasteiger partial charge in [-0.15, -0.1) is 11.3 Å². The summed E-state index contributed by atoms with van der Waals surface area (Å²) in [6.45, 7) is 0. The summed E-state index contributed by atoms with van der Waals surface area (Å²) in [5.41, 5.74) is 2.15. The van der Waals surface area contributed by atoms with Crippen LogP contribution in [0.1, 0.15) is 36.8 Å². The van der Waals surface area contributed by atoms with E-state index in [0.29, 0.717) is 18.5 Å². The Kier molecular flexibility index (Phi) is 9.07. The van der Waals surface area contributed by atoms with E-state index in [1.54, 1.807) is 37.5 Å². The summed E-state index contributed by atoms with van der Waals surface area (Å²) in [6, 6.07) is 8.89. The molecule has 8 nitrogen and oxygen atoms in total. The van der Waals surface area contributed by atoms with E-state index >= 15 is 0 Å². The number of thiophene rings is 1. The number of amides is 1. The number of rotatable bonds is 6. The van der Waals surface area contributed by atoms with Crippen LogP contribution in [0.2, 0.25) is 0 Å². The molecule has 1 aromatic heterocycles. The van der Waals surface area contributed by atoms with E-state index < -0.39 is 12.1 Å². The largest absolute Gasteiger partial charge is 0.497 e. The molecule has 2 unspecified atom stereocenters. The Balaban J connectivity index is 0.000000454. The number of ether oxygens (including phenoxy) is 3. The first-order valence-electron chi connectivity index (χ1n) is 11.3. The average molecular weight is 531 g/mol. The Hall–Kier alpha value is -2.99. The number of benzene rings is 1. The average Bonchev–Trinajstić information content (AvgIpc) is 3.43. The Morgan fingerprint density at radius 1 is 1.11 bits per heavy atom. The van der Waals surface area contributed by atoms with Crippen LogP contribution in [0.3, 0.4) is 0 Å². The quantitative estimate of drug-likeness (QED) is 0.551. The lowest BCUT2D eigenvalue weighted by Gasteiger charge is -2.30. The molecule has 3 heterocycles. The molecule has 2 aromatic rings. The van der Waals surface area contributed by atoms with Gasteiger partial charge in [-0.3, -0.25) is 4.90 Å². The Morgan fingerprint density at radius 2 is 1.67 bits per heavy atom. The molecule has 2 N–H and O–H groups in total. The van der Waals surface area contributed by atoms with Crippen molar-refractivity contribution in [1.82, 2.24) is 5.32 Å². The Morgan fingerprint density at radius 3 is 2.17 bits per heavy atom. The van der Waals surface area contributed by atoms with Crippen molar-refractivity contribution in [1.29, 1.82) is 0 Å². The first-order chi connectivity index (χ1) is 17.0. The van der Waals surface area contributed by atoms with E-state index in [-0.39, 0.29) is 12.2 Å². The smallest absolute Gasteiger partial charge is 0.490 e. The molecule has 2 saturated heterocycles. The molecule has 2 fully saturated rings. The second kappa shape index (κ2) is 11.8. The van der Waals surface area contributed by atoms with Crippen molar-refractivity contribution in [2.24, 2.45) is 0 Å². The first kappa shape index (κ1) is 27.6. The number of methoxy groups -OCH3 is 2. The van der Waals surface area contributed by atoms with Gasteiger partial charge in [0, 0.05) is 31.6 Å². The zero-order valence-electron chi connectivity index (χ0n) is 20.1. The third kappa shape index (κ3) is 7.26. The summed E-state index contributed by atoms with van der Waals surface area (Å²) in [7, 11) is 5.08. The van der Waals surface area contributed by atoms with Gasteiger partial charge in [0.1, 0.15) is 22.6 Å². The number of piperidine rings is 1. The number of carboxylic acids is 1. The number of anilines is 1. The number of nitrogens with zero attached hydrogens (tertiary/aromatic N) is 1. The lowest BCUT2D eigenvalue weighted by molar-refractivity contribution is -0.192. The number of alkyl halides is 3. The minimum atomic E-state index is -5.08. The Labute approximate surface area is 210 Å². The normalized spacial score (nSPS) is 20.7. The Bertz CT molecular complexity index is 1030. The third-order valence-electron chi connectivity index (χ3n) is 6.05. The number of aliphatic carboxylic acids is 1. The molecule has 198 valence electrons. The standard InChI is InChI=1S/C22H28N2O4S.C2HF3O2/c1-24(22(25)28-20-11-16-4-5-17(12-20)23-16)21-15(6-7-29-21)8-14-9-18(26-2)13-19(10-14)27-3;3-2(4,5)1(6)7/h6-7,9-10,13,16-17,20,23H,4-5,8,11-12H2,1-3H3;(H,6,7). The fourth-order valence-electron chi connectivity index (χ4n) is 4.35. The molecule has 4 rings (SSSR count). The fourth-order valence-corrected chi connectivity index (χ4v) is 5.24. The molecule has 1 aromatic carbocycles. The van der Waals surface area contributed by atoms with Gasteiger partial charge in [0.05, 0.1) is 14.2 Å². The monoisotopic (exact) mass is 530 g/mol. The molecule has 0 spiro atoms. The van der Waals surface area contributed by atoms with E-state index in [0.717, 1.165) is 40.5 Å². The van der Waals surface area contributed by atoms with E-state index in [1.807, 2.05) is 23.6 Å². The van der Waals surface area contributed by atoms with Crippen LogP contribution in [0.15, 0.2) is 29.6 Å². The van der Waals surface area contributed by atoms with Gasteiger partial charge in [-0.25, -0.2) is 9.59 Å². The van der Waals surface area contributed by atoms with Crippen molar-refractivity contribution >= 4 is 28.4 Å². The number of nitrogens with one attached hydrogen (secondary N) is 1. The van der Waals surface area contributed by atoms with Gasteiger partial charge in [-0.05, 0) is 60.4 Å². The summed E-state index contributed by atoms with van der Waals surface area (Å²) >= 11 is 1.55. The van der Waals surface area contributed by atoms with Gasteiger partial charge in [-0.2, -0.15) is 13.2 Å². The van der Waals surface area contributed by atoms with Crippen molar-refractivity contribution in [2.45, 2.75) is 56.5 Å². The molecule has 2 aliphatic heterocycles. The zero-order chi connectivity index (χ0) is 26.5. The molecule has 0 aliphatic carbocycles. The predicted molar refractivity (Wildman–Crippen MR) is 128 cm³/mol. The highest BCUT2D eigenvalue weighted by atomic mass is 32.1. The van der Waals surface area contributed by atoms with Crippen LogP contribution in [-0.4, -0.2) is 62.8 Å². The maximum absolute atomic E-state index is 12.8. The van der Waals surface area contributed by atoms with Gasteiger partial charge < -0.3 is 24.6 Å². The van der Waals surface area contributed by atoms with Crippen LogP contribution in [-0.2, 0) is 16.0 Å². The molecular weight excluding hydrogens is 501 g/mol. The number of hydrogen-bond donors (Lipinski definition) is 2. The molecule has 2 atom stereocenters. The van der Waals surface area contributed by atoms with E-state index in [2.05, 4.69) is 11.4 Å². The minimum Gasteiger partial charge on any atom is -0.497 e. The van der Waals surface area contributed by atoms with E-state index in [4.69, 9.17) is 24.1 Å². The van der Waals surface area contributed by atoms with Gasteiger partial charge in [0.15, 0.2) is 0 Å². The number of fused-ring (bicyclic) bond motifs is 2. The minimum absolute atomic E-state index is 0.00904. The maximum atomic E-state index is 12.8. The topological polar surface area (TPSA) is 97.3 Å². The van der Waals surface area contributed by atoms with Crippen LogP contribution in [0, 0.1) is 0 Å². The first-order valence-corrected chi connectivity index (χ1v) is 12.2. The van der Waals surface area contributed by atoms with Crippen LogP contribution < -0.4 is 19.7 Å². The summed E-state index contributed by atoms with van der Waals surface area (Å²) in [5, 5.41) is 13.6. The highest BCUT2D eigenvalue weighted by Crippen LogP contribution is 2.33. The van der Waals surface area contributed by atoms with Crippen LogP contribution >= 0.6 is 11.3 Å². The third-order valence-corrected chi connectivity index (χ3v) is 7.08. The fraction of sp³-hybridized carbons (Fsp3) is 0.500. The molecule has 2 bridgehead atoms. The molecule has 2 aliphatic rings. The van der Waals surface area contributed by atoms with Crippen molar-refractivity contribution in [3.63, 3.8) is 0 Å². The SMILES string of the molecule is COc1cc(Cc2ccsc2N(C)C(=O)OC2CC3CCC(C2)N3)cc(OC)c1.O=C(O)C(F)(F)F. The molecular formula is C24H29F3N2O6S. The van der Waals surface area contributed by atoms with Crippen molar-refractivity contribution in [3.05, 3.63) is 40.8 Å². The number of carboxylic acid groups (broad SMARTS) is 1. The van der Waals surface area contributed by atoms with Gasteiger partial charge >= 0.3 is 18.2 Å². The highest BCUT2D eigenvalue weighted by molar-refractivity contribution is 7.14. The van der Waals surface area contributed by atoms with Crippen molar-refractivity contribution in [3.8, 4) is 11.5 Å². The van der Waals surface area contributed by atoms with Crippen molar-refractivity contribution < 1.29 is 42.1 Å². The number of carbonyl (C=O) groups excluding carboxylic acids is 1. The second-order valence-corrected chi connectivity index (χ2v) is 9.52. The molecule has 0 saturated carbocycles. The number of carbonyl (C=O) groups is 2. The summed E-state index contributed by atoms with van der Waals surface area (Å²) in [5.74, 6) is -1.25. The van der Waals surface area contributed by atoms with Crippen molar-refractivity contribution in [2.75, 3.05) is 26.2 Å². The lowest BCUT2D eigenvalue weighted by Crippen LogP contribution is -2.43. The van der Waals surface area contributed by atoms with Crippen LogP contribution in [0.25, 0.3) is 0 Å². The van der Waals surface area contributed by atoms with Gasteiger partial charge in [0.2, 0.25) is 0 Å². The van der Waals surface area contributed by atoms with Gasteiger partial charge in [0.25, 0.3) is 0 Å². The highest BCUT2D eigenvalue weighted by Gasteiger charge is 2.38. The second-order valence-electron chi connectivity index (χ2n) is 8.63. The van der Waals surface area contributed by atoms with Crippen LogP contribution in [0.5, 0.6) is 11.5 Å². The maximum Gasteiger partial charge on any atom is 0.490 e. The number of halogens is 3. The van der Waals surface area contributed by atoms with E-state index in [9.17, 15) is 18.0 Å². The van der Waals surface area contributed by atoms with Gasteiger partial charge in [-0.1, -0.05) is 0 Å². The molecule has 36 heavy (non-hydrogen) atoms. The number of hydrogen-bond acceptors (Lipinski definition) is 7. The summed E-state index contributed by atoms with van der Waals surface area (Å²) < 4.78 is 48.3. The molecule has 0 radical (unpaired) electrons. The predicted octanol–water partition coefficient (Wildman–Crippen LogP) is 4.85. The lowest BCUT2D eigenvalue weighted by atomic mass is 10.0. The summed E-state index contributed by atoms with van der Waals surface area (Å²) in [4.78, 5) is 23.3. The molecule has 12 heteroatoms. The van der Waals surface area contributed by atoms with E-state index in [1.165, 1.54) is 12.8 Å².